The third-order valence-corrected chi connectivity index (χ3v) is 8.35. The molecule has 2 aromatic heterocycles. The molecule has 1 fully saturated rings. The third-order valence-electron chi connectivity index (χ3n) is 8.35. The minimum absolute atomic E-state index is 0.163. The monoisotopic (exact) mass is 587 g/mol. The molecule has 3 aromatic carbocycles. The number of amides is 2. The molecule has 5 aromatic rings. The Balaban J connectivity index is 1.24. The Morgan fingerprint density at radius 1 is 0.909 bits per heavy atom. The Hall–Kier alpha value is -5.52. The zero-order valence-corrected chi connectivity index (χ0v) is 24.2. The second-order valence-corrected chi connectivity index (χ2v) is 11.0. The lowest BCUT2D eigenvalue weighted by Gasteiger charge is -2.15. The Morgan fingerprint density at radius 3 is 2.43 bits per heavy atom. The van der Waals surface area contributed by atoms with Crippen molar-refractivity contribution in [2.75, 3.05) is 7.05 Å². The quantitative estimate of drug-likeness (QED) is 0.263. The van der Waals surface area contributed by atoms with Crippen molar-refractivity contribution in [3.8, 4) is 22.5 Å². The van der Waals surface area contributed by atoms with Gasteiger partial charge in [-0.2, -0.15) is 10.3 Å². The number of carbonyl (C=O) groups is 2. The van der Waals surface area contributed by atoms with Crippen LogP contribution in [0.15, 0.2) is 76.6 Å². The van der Waals surface area contributed by atoms with Crippen LogP contribution in [0.3, 0.4) is 0 Å². The summed E-state index contributed by atoms with van der Waals surface area (Å²) in [4.78, 5) is 45.3. The minimum Gasteiger partial charge on any atom is -0.296 e. The average molecular weight is 588 g/mol. The number of carbonyl (C=O) groups excluding carboxylic acids is 2. The highest BCUT2D eigenvalue weighted by atomic mass is 16.2. The van der Waals surface area contributed by atoms with Crippen molar-refractivity contribution in [2.45, 2.75) is 38.8 Å². The van der Waals surface area contributed by atoms with Crippen LogP contribution >= 0.6 is 0 Å². The fourth-order valence-electron chi connectivity index (χ4n) is 5.96. The van der Waals surface area contributed by atoms with Crippen LogP contribution in [-0.4, -0.2) is 65.7 Å². The second kappa shape index (κ2) is 11.0. The number of hydrogen-bond donors (Lipinski definition) is 2. The topological polar surface area (TPSA) is 151 Å². The average Bonchev–Trinajstić information content (AvgIpc) is 3.79. The lowest BCUT2D eigenvalue weighted by atomic mass is 9.92. The molecule has 12 nitrogen and oxygen atoms in total. The van der Waals surface area contributed by atoms with E-state index in [1.54, 1.807) is 16.7 Å². The largest absolute Gasteiger partial charge is 0.296 e. The van der Waals surface area contributed by atoms with E-state index in [1.807, 2.05) is 54.6 Å². The minimum atomic E-state index is -0.716. The molecule has 7 rings (SSSR count). The van der Waals surface area contributed by atoms with Gasteiger partial charge in [-0.3, -0.25) is 29.3 Å². The molecule has 4 heterocycles. The number of likely N-dealkylation sites (N-methyl/N-ethyl adjacent to an activating group) is 1. The molecule has 0 saturated carbocycles. The van der Waals surface area contributed by atoms with E-state index >= 15 is 0 Å². The summed E-state index contributed by atoms with van der Waals surface area (Å²) in [6, 6.07) is 20.6. The van der Waals surface area contributed by atoms with Gasteiger partial charge in [0.15, 0.2) is 0 Å². The number of H-pyrrole nitrogens is 1. The number of rotatable bonds is 8. The molecule has 2 aliphatic heterocycles. The molecule has 0 aliphatic carbocycles. The van der Waals surface area contributed by atoms with Crippen LogP contribution in [0.1, 0.15) is 36.7 Å². The lowest BCUT2D eigenvalue weighted by Crippen LogP contribution is -2.34. The normalized spacial score (nSPS) is 17.7. The van der Waals surface area contributed by atoms with Crippen molar-refractivity contribution in [3.63, 3.8) is 0 Å². The molecule has 220 valence electrons. The lowest BCUT2D eigenvalue weighted by molar-refractivity contribution is -0.137. The van der Waals surface area contributed by atoms with E-state index in [2.05, 4.69) is 38.1 Å². The number of aromatic nitrogens is 6. The smallest absolute Gasteiger partial charge is 0.261 e. The van der Waals surface area contributed by atoms with E-state index in [4.69, 9.17) is 4.98 Å². The van der Waals surface area contributed by atoms with Gasteiger partial charge in [-0.05, 0) is 46.0 Å². The van der Waals surface area contributed by atoms with Gasteiger partial charge in [0.25, 0.3) is 11.5 Å². The number of hydrogen-bond acceptors (Lipinski definition) is 9. The maximum Gasteiger partial charge on any atom is 0.261 e. The molecule has 0 unspecified atom stereocenters. The van der Waals surface area contributed by atoms with Crippen LogP contribution in [0, 0.1) is 5.92 Å². The number of unbranched alkanes of at least 4 members (excludes halogenated alkanes) is 1. The second-order valence-electron chi connectivity index (χ2n) is 11.0. The maximum atomic E-state index is 14.1. The molecule has 0 bridgehead atoms. The Kier molecular flexibility index (Phi) is 6.80. The Morgan fingerprint density at radius 2 is 1.68 bits per heavy atom. The van der Waals surface area contributed by atoms with Crippen LogP contribution in [0.25, 0.3) is 33.4 Å². The van der Waals surface area contributed by atoms with Gasteiger partial charge in [-0.1, -0.05) is 67.9 Å². The zero-order valence-electron chi connectivity index (χ0n) is 24.2. The van der Waals surface area contributed by atoms with Gasteiger partial charge in [0.2, 0.25) is 11.7 Å². The van der Waals surface area contributed by atoms with Gasteiger partial charge in [0, 0.05) is 19.0 Å². The molecule has 2 amide bonds. The molecule has 2 atom stereocenters. The number of nitrogens with one attached hydrogen (secondary N) is 2. The number of tetrazole rings is 1. The van der Waals surface area contributed by atoms with Crippen molar-refractivity contribution in [3.05, 3.63) is 94.0 Å². The Bertz CT molecular complexity index is 2000. The maximum absolute atomic E-state index is 14.1. The summed E-state index contributed by atoms with van der Waals surface area (Å²) in [7, 11) is 1.47. The highest BCUT2D eigenvalue weighted by molar-refractivity contribution is 6.24. The van der Waals surface area contributed by atoms with Crippen LogP contribution in [0.5, 0.6) is 0 Å². The molecular formula is C32H29N9O3. The van der Waals surface area contributed by atoms with Crippen molar-refractivity contribution in [1.82, 2.24) is 40.5 Å². The molecule has 44 heavy (non-hydrogen) atoms. The summed E-state index contributed by atoms with van der Waals surface area (Å²) in [5, 5.41) is 19.2. The third kappa shape index (κ3) is 4.55. The predicted octanol–water partition coefficient (Wildman–Crippen LogP) is 2.93. The number of likely N-dealkylation sites (tertiary alicyclic amines) is 1. The fourth-order valence-corrected chi connectivity index (χ4v) is 5.96. The molecule has 0 spiro atoms. The van der Waals surface area contributed by atoms with Crippen LogP contribution < -0.4 is 11.0 Å². The number of imide groups is 1. The number of nitrogens with zero attached hydrogens (tertiary/aromatic N) is 7. The number of aromatic amines is 1. The van der Waals surface area contributed by atoms with Crippen LogP contribution in [0.4, 0.5) is 0 Å². The van der Waals surface area contributed by atoms with Crippen molar-refractivity contribution >= 4 is 28.4 Å². The summed E-state index contributed by atoms with van der Waals surface area (Å²) in [5.74, 6) is -0.0928. The molecular weight excluding hydrogens is 558 g/mol. The molecule has 1 saturated heterocycles. The fraction of sp³-hybridized carbons (Fsp3) is 0.250. The van der Waals surface area contributed by atoms with Gasteiger partial charge in [-0.25, -0.2) is 4.98 Å². The van der Waals surface area contributed by atoms with Gasteiger partial charge in [-0.15, -0.1) is 10.2 Å². The zero-order chi connectivity index (χ0) is 30.4. The summed E-state index contributed by atoms with van der Waals surface area (Å²) in [6.07, 6.45) is 2.54. The standard InChI is InChI=1S/C32H29N9O3/c1-3-4-9-25-33-24-15-14-20(27-26-28(35-34-27)32(44)40(2)31(26)43)16-23(24)30(42)41(25)17-18-10-12-19(13-11-18)21-7-5-6-8-22(21)29-36-38-39-37-29/h5-8,10-16,26,28,35H,3-4,9,17H2,1-2H3,(H,36,37,38,39)/t26-,28+/m0/s1. The highest BCUT2D eigenvalue weighted by Gasteiger charge is 2.51. The van der Waals surface area contributed by atoms with Crippen molar-refractivity contribution in [1.29, 1.82) is 0 Å². The van der Waals surface area contributed by atoms with E-state index in [0.717, 1.165) is 45.8 Å². The number of aryl methyl sites for hydroxylation is 1. The van der Waals surface area contributed by atoms with Crippen molar-refractivity contribution < 1.29 is 9.59 Å². The number of benzene rings is 3. The van der Waals surface area contributed by atoms with Crippen molar-refractivity contribution in [2.24, 2.45) is 11.0 Å². The van der Waals surface area contributed by atoms with E-state index in [0.29, 0.717) is 41.0 Å². The van der Waals surface area contributed by atoms with Gasteiger partial charge >= 0.3 is 0 Å². The molecule has 2 N–H and O–H groups in total. The van der Waals surface area contributed by atoms with Gasteiger partial charge in [0.1, 0.15) is 17.8 Å². The van der Waals surface area contributed by atoms with Crippen LogP contribution in [-0.2, 0) is 22.6 Å². The molecule has 2 aliphatic rings. The highest BCUT2D eigenvalue weighted by Crippen LogP contribution is 2.31. The van der Waals surface area contributed by atoms with E-state index in [-0.39, 0.29) is 17.4 Å². The first-order valence-electron chi connectivity index (χ1n) is 14.5. The summed E-state index contributed by atoms with van der Waals surface area (Å²) in [6.45, 7) is 2.46. The first kappa shape index (κ1) is 27.3. The predicted molar refractivity (Wildman–Crippen MR) is 163 cm³/mol. The number of fused-ring (bicyclic) bond motifs is 2. The molecule has 12 heteroatoms. The Labute approximate surface area is 251 Å². The van der Waals surface area contributed by atoms with Gasteiger partial charge < -0.3 is 0 Å². The van der Waals surface area contributed by atoms with E-state index < -0.39 is 12.0 Å². The summed E-state index contributed by atoms with van der Waals surface area (Å²) < 4.78 is 1.74. The number of hydrazone groups is 1. The van der Waals surface area contributed by atoms with E-state index in [9.17, 15) is 14.4 Å². The van der Waals surface area contributed by atoms with E-state index in [1.165, 1.54) is 7.05 Å². The summed E-state index contributed by atoms with van der Waals surface area (Å²) >= 11 is 0. The summed E-state index contributed by atoms with van der Waals surface area (Å²) in [5.41, 5.74) is 8.09. The van der Waals surface area contributed by atoms with Gasteiger partial charge in [0.05, 0.1) is 23.2 Å². The SMILES string of the molecule is CCCCc1nc2ccc(C3=NN[C@H]4C(=O)N(C)C(=O)[C@@H]34)cc2c(=O)n1Cc1ccc(-c2ccccc2-c2nn[nH]n2)cc1. The first-order chi connectivity index (χ1) is 21.4. The van der Waals surface area contributed by atoms with Crippen LogP contribution in [0.2, 0.25) is 0 Å². The molecule has 0 radical (unpaired) electrons. The first-order valence-corrected chi connectivity index (χ1v) is 14.5.